The Kier molecular flexibility index (Phi) is 7.03. The molecule has 1 aromatic carbocycles. The van der Waals surface area contributed by atoms with Crippen molar-refractivity contribution in [2.45, 2.75) is 64.8 Å². The molecular weight excluding hydrogens is 320 g/mol. The number of aryl methyl sites for hydroxylation is 1. The van der Waals surface area contributed by atoms with Crippen LogP contribution in [0.1, 0.15) is 63.0 Å². The molecule has 0 heterocycles. The molecule has 1 amide bonds. The summed E-state index contributed by atoms with van der Waals surface area (Å²) in [6, 6.07) is 6.33. The van der Waals surface area contributed by atoms with E-state index < -0.39 is 0 Å². The number of amides is 1. The van der Waals surface area contributed by atoms with Gasteiger partial charge in [0.15, 0.2) is 11.7 Å². The zero-order valence-corrected chi connectivity index (χ0v) is 15.7. The lowest BCUT2D eigenvalue weighted by molar-refractivity contribution is -0.121. The molecule has 5 heteroatoms. The summed E-state index contributed by atoms with van der Waals surface area (Å²) < 4.78 is 5.57. The summed E-state index contributed by atoms with van der Waals surface area (Å²) in [7, 11) is 0. The Bertz CT molecular complexity index is 581. The first-order valence-corrected chi connectivity index (χ1v) is 9.20. The molecule has 132 valence electrons. The van der Waals surface area contributed by atoms with Crippen molar-refractivity contribution in [2.75, 3.05) is 6.61 Å². The van der Waals surface area contributed by atoms with Crippen molar-refractivity contribution in [2.24, 2.45) is 0 Å². The van der Waals surface area contributed by atoms with E-state index in [0.29, 0.717) is 22.8 Å². The SMILES string of the molecule is Cc1cc(OCC(=O)NC(=S)NC2CCCCC2)ccc1C(C)C. The molecule has 0 aliphatic heterocycles. The van der Waals surface area contributed by atoms with Crippen molar-refractivity contribution in [1.82, 2.24) is 10.6 Å². The van der Waals surface area contributed by atoms with E-state index >= 15 is 0 Å². The van der Waals surface area contributed by atoms with Crippen LogP contribution in [0.5, 0.6) is 5.75 Å². The summed E-state index contributed by atoms with van der Waals surface area (Å²) >= 11 is 5.21. The van der Waals surface area contributed by atoms with Gasteiger partial charge in [-0.3, -0.25) is 4.79 Å². The number of carbonyl (C=O) groups is 1. The van der Waals surface area contributed by atoms with Gasteiger partial charge in [-0.25, -0.2) is 0 Å². The summed E-state index contributed by atoms with van der Waals surface area (Å²) in [5, 5.41) is 6.32. The van der Waals surface area contributed by atoms with E-state index in [1.165, 1.54) is 30.4 Å². The number of hydrogen-bond donors (Lipinski definition) is 2. The average molecular weight is 349 g/mol. The van der Waals surface area contributed by atoms with Crippen LogP contribution in [-0.2, 0) is 4.79 Å². The maximum Gasteiger partial charge on any atom is 0.264 e. The van der Waals surface area contributed by atoms with Crippen LogP contribution < -0.4 is 15.4 Å². The van der Waals surface area contributed by atoms with Gasteiger partial charge in [-0.1, -0.05) is 39.2 Å². The maximum absolute atomic E-state index is 12.0. The summed E-state index contributed by atoms with van der Waals surface area (Å²) in [5.74, 6) is 0.956. The van der Waals surface area contributed by atoms with Crippen molar-refractivity contribution >= 4 is 23.2 Å². The van der Waals surface area contributed by atoms with Gasteiger partial charge in [0, 0.05) is 6.04 Å². The Morgan fingerprint density at radius 2 is 2.00 bits per heavy atom. The first-order valence-electron chi connectivity index (χ1n) is 8.79. The fourth-order valence-electron chi connectivity index (χ4n) is 3.17. The molecule has 1 aromatic rings. The van der Waals surface area contributed by atoms with Gasteiger partial charge in [0.25, 0.3) is 5.91 Å². The molecule has 0 bridgehead atoms. The second-order valence-corrected chi connectivity index (χ2v) is 7.23. The third-order valence-corrected chi connectivity index (χ3v) is 4.65. The fourth-order valence-corrected chi connectivity index (χ4v) is 3.45. The first kappa shape index (κ1) is 18.7. The summed E-state index contributed by atoms with van der Waals surface area (Å²) in [6.07, 6.45) is 5.98. The highest BCUT2D eigenvalue weighted by Gasteiger charge is 2.15. The standard InChI is InChI=1S/C19H28N2O2S/c1-13(2)17-10-9-16(11-14(17)3)23-12-18(22)21-19(24)20-15-7-5-4-6-8-15/h9-11,13,15H,4-8,12H2,1-3H3,(H2,20,21,22,24). The summed E-state index contributed by atoms with van der Waals surface area (Å²) in [5.41, 5.74) is 2.47. The normalized spacial score (nSPS) is 15.2. The van der Waals surface area contributed by atoms with Crippen molar-refractivity contribution in [3.8, 4) is 5.75 Å². The van der Waals surface area contributed by atoms with Gasteiger partial charge < -0.3 is 15.4 Å². The molecule has 0 aromatic heterocycles. The van der Waals surface area contributed by atoms with Gasteiger partial charge in [0.2, 0.25) is 0 Å². The average Bonchev–Trinajstić information content (AvgIpc) is 2.53. The van der Waals surface area contributed by atoms with E-state index in [0.717, 1.165) is 12.8 Å². The van der Waals surface area contributed by atoms with Crippen molar-refractivity contribution in [1.29, 1.82) is 0 Å². The number of carbonyl (C=O) groups excluding carboxylic acids is 1. The third-order valence-electron chi connectivity index (χ3n) is 4.43. The topological polar surface area (TPSA) is 50.4 Å². The smallest absolute Gasteiger partial charge is 0.264 e. The van der Waals surface area contributed by atoms with E-state index in [1.807, 2.05) is 12.1 Å². The second-order valence-electron chi connectivity index (χ2n) is 6.82. The van der Waals surface area contributed by atoms with Crippen LogP contribution in [0.2, 0.25) is 0 Å². The maximum atomic E-state index is 12.0. The van der Waals surface area contributed by atoms with Crippen LogP contribution in [-0.4, -0.2) is 23.7 Å². The molecule has 1 saturated carbocycles. The Labute approximate surface area is 150 Å². The molecule has 0 radical (unpaired) electrons. The predicted octanol–water partition coefficient (Wildman–Crippen LogP) is 3.82. The summed E-state index contributed by atoms with van der Waals surface area (Å²) in [4.78, 5) is 12.0. The lowest BCUT2D eigenvalue weighted by atomic mass is 9.96. The third kappa shape index (κ3) is 5.78. The first-order chi connectivity index (χ1) is 11.5. The van der Waals surface area contributed by atoms with E-state index in [1.54, 1.807) is 0 Å². The predicted molar refractivity (Wildman–Crippen MR) is 102 cm³/mol. The number of nitrogens with one attached hydrogen (secondary N) is 2. The minimum Gasteiger partial charge on any atom is -0.484 e. The van der Waals surface area contributed by atoms with E-state index in [2.05, 4.69) is 37.5 Å². The molecule has 4 nitrogen and oxygen atoms in total. The van der Waals surface area contributed by atoms with Crippen LogP contribution in [0.4, 0.5) is 0 Å². The number of benzene rings is 1. The van der Waals surface area contributed by atoms with Crippen LogP contribution in [0.15, 0.2) is 18.2 Å². The minimum absolute atomic E-state index is 0.0348. The van der Waals surface area contributed by atoms with Gasteiger partial charge in [0.05, 0.1) is 0 Å². The van der Waals surface area contributed by atoms with Gasteiger partial charge in [0.1, 0.15) is 5.75 Å². The van der Waals surface area contributed by atoms with Crippen molar-refractivity contribution < 1.29 is 9.53 Å². The van der Waals surface area contributed by atoms with Crippen molar-refractivity contribution in [3.63, 3.8) is 0 Å². The number of hydrogen-bond acceptors (Lipinski definition) is 3. The van der Waals surface area contributed by atoms with Crippen LogP contribution in [0.25, 0.3) is 0 Å². The monoisotopic (exact) mass is 348 g/mol. The lowest BCUT2D eigenvalue weighted by Gasteiger charge is -2.24. The van der Waals surface area contributed by atoms with E-state index in [-0.39, 0.29) is 12.5 Å². The molecule has 2 rings (SSSR count). The highest BCUT2D eigenvalue weighted by atomic mass is 32.1. The van der Waals surface area contributed by atoms with Crippen LogP contribution in [0, 0.1) is 6.92 Å². The fraction of sp³-hybridized carbons (Fsp3) is 0.579. The molecule has 0 spiro atoms. The molecule has 1 fully saturated rings. The molecular formula is C19H28N2O2S. The molecule has 1 aliphatic carbocycles. The molecule has 1 aliphatic rings. The van der Waals surface area contributed by atoms with Crippen molar-refractivity contribution in [3.05, 3.63) is 29.3 Å². The second kappa shape index (κ2) is 9.02. The van der Waals surface area contributed by atoms with Gasteiger partial charge in [-0.2, -0.15) is 0 Å². The Balaban J connectivity index is 1.76. The largest absolute Gasteiger partial charge is 0.484 e. The number of ether oxygens (including phenoxy) is 1. The number of thiocarbonyl (C=S) groups is 1. The molecule has 2 N–H and O–H groups in total. The Morgan fingerprint density at radius 1 is 1.29 bits per heavy atom. The molecule has 0 atom stereocenters. The molecule has 24 heavy (non-hydrogen) atoms. The Morgan fingerprint density at radius 3 is 2.62 bits per heavy atom. The Hall–Kier alpha value is -1.62. The quantitative estimate of drug-likeness (QED) is 0.794. The van der Waals surface area contributed by atoms with E-state index in [9.17, 15) is 4.79 Å². The van der Waals surface area contributed by atoms with E-state index in [4.69, 9.17) is 17.0 Å². The summed E-state index contributed by atoms with van der Waals surface area (Å²) in [6.45, 7) is 6.35. The van der Waals surface area contributed by atoms with Crippen LogP contribution in [0.3, 0.4) is 0 Å². The highest BCUT2D eigenvalue weighted by Crippen LogP contribution is 2.23. The lowest BCUT2D eigenvalue weighted by Crippen LogP contribution is -2.46. The van der Waals surface area contributed by atoms with Gasteiger partial charge in [-0.05, 0) is 61.2 Å². The molecule has 0 unspecified atom stereocenters. The van der Waals surface area contributed by atoms with Gasteiger partial charge in [-0.15, -0.1) is 0 Å². The van der Waals surface area contributed by atoms with Gasteiger partial charge >= 0.3 is 0 Å². The number of rotatable bonds is 5. The van der Waals surface area contributed by atoms with Crippen LogP contribution >= 0.6 is 12.2 Å². The molecule has 0 saturated heterocycles. The zero-order chi connectivity index (χ0) is 17.5. The highest BCUT2D eigenvalue weighted by molar-refractivity contribution is 7.80. The zero-order valence-electron chi connectivity index (χ0n) is 14.9. The minimum atomic E-state index is -0.228.